The summed E-state index contributed by atoms with van der Waals surface area (Å²) in [5, 5.41) is 0. The molecule has 86 valence electrons. The molecule has 1 saturated heterocycles. The zero-order chi connectivity index (χ0) is 11.6. The number of benzene rings is 1. The van der Waals surface area contributed by atoms with Crippen LogP contribution in [0.3, 0.4) is 0 Å². The number of anilines is 1. The van der Waals surface area contributed by atoms with Crippen LogP contribution in [0.25, 0.3) is 0 Å². The monoisotopic (exact) mass is 251 g/mol. The second kappa shape index (κ2) is 4.92. The zero-order valence-electron chi connectivity index (χ0n) is 9.77. The topological polar surface area (TPSA) is 3.24 Å². The molecule has 1 fully saturated rings. The van der Waals surface area contributed by atoms with Crippen molar-refractivity contribution < 1.29 is 0 Å². The predicted octanol–water partition coefficient (Wildman–Crippen LogP) is 3.49. The van der Waals surface area contributed by atoms with Gasteiger partial charge in [-0.3, -0.25) is 0 Å². The van der Waals surface area contributed by atoms with Crippen LogP contribution in [-0.2, 0) is 4.08 Å². The van der Waals surface area contributed by atoms with Gasteiger partial charge in [0.1, 0.15) is 0 Å². The van der Waals surface area contributed by atoms with Crippen molar-refractivity contribution in [2.75, 3.05) is 30.5 Å². The number of hydrogen-bond acceptors (Lipinski definition) is 3. The Labute approximate surface area is 107 Å². The summed E-state index contributed by atoms with van der Waals surface area (Å²) in [6, 6.07) is 8.58. The second-order valence-corrected chi connectivity index (χ2v) is 7.10. The lowest BCUT2D eigenvalue weighted by atomic mass is 10.1. The van der Waals surface area contributed by atoms with Crippen LogP contribution in [-0.4, -0.2) is 25.6 Å². The lowest BCUT2D eigenvalue weighted by Crippen LogP contribution is -2.19. The minimum absolute atomic E-state index is 0.233. The molecule has 1 heterocycles. The summed E-state index contributed by atoms with van der Waals surface area (Å²) in [5.41, 5.74) is 2.45. The smallest absolute Gasteiger partial charge is 0.0895 e. The molecule has 16 heavy (non-hydrogen) atoms. The maximum atomic E-state index is 6.42. The predicted molar refractivity (Wildman–Crippen MR) is 76.3 cm³/mol. The van der Waals surface area contributed by atoms with Crippen LogP contribution in [0.4, 0.5) is 5.69 Å². The number of thioether (sulfide) groups is 2. The van der Waals surface area contributed by atoms with E-state index in [0.29, 0.717) is 0 Å². The molecule has 0 aromatic heterocycles. The maximum absolute atomic E-state index is 6.42. The fraction of sp³-hybridized carbons (Fsp3) is 0.462. The Morgan fingerprint density at radius 1 is 1.12 bits per heavy atom. The van der Waals surface area contributed by atoms with Crippen LogP contribution in [0.5, 0.6) is 0 Å². The van der Waals surface area contributed by atoms with Crippen LogP contribution in [0.1, 0.15) is 12.0 Å². The molecular weight excluding hydrogens is 234 g/mol. The van der Waals surface area contributed by atoms with Gasteiger partial charge in [-0.1, -0.05) is 12.1 Å². The first-order valence-corrected chi connectivity index (χ1v) is 7.43. The third-order valence-corrected chi connectivity index (χ3v) is 5.73. The molecule has 1 nitrogen and oxygen atoms in total. The summed E-state index contributed by atoms with van der Waals surface area (Å²) in [4.78, 5) is 2.11. The van der Waals surface area contributed by atoms with E-state index in [1.54, 1.807) is 0 Å². The summed E-state index contributed by atoms with van der Waals surface area (Å²) in [5.74, 6) is 2.33. The Bertz CT molecular complexity index is 339. The average Bonchev–Trinajstić information content (AvgIpc) is 2.30. The van der Waals surface area contributed by atoms with E-state index < -0.39 is 0 Å². The van der Waals surface area contributed by atoms with Crippen LogP contribution < -0.4 is 4.90 Å². The van der Waals surface area contributed by atoms with Gasteiger partial charge in [-0.2, -0.15) is 0 Å². The molecular formula is C13H17NS2. The van der Waals surface area contributed by atoms with Crippen molar-refractivity contribution >= 4 is 29.2 Å². The Morgan fingerprint density at radius 2 is 1.69 bits per heavy atom. The Kier molecular flexibility index (Phi) is 3.75. The average molecular weight is 251 g/mol. The number of hydrogen-bond donors (Lipinski definition) is 0. The summed E-state index contributed by atoms with van der Waals surface area (Å²) < 4.78 is -0.233. The lowest BCUT2D eigenvalue weighted by molar-refractivity contribution is 1.03. The highest BCUT2D eigenvalue weighted by Gasteiger charge is 2.30. The minimum Gasteiger partial charge on any atom is -0.378 e. The molecule has 1 aliphatic heterocycles. The highest BCUT2D eigenvalue weighted by Crippen LogP contribution is 2.49. The highest BCUT2D eigenvalue weighted by molar-refractivity contribution is 8.18. The molecule has 0 spiro atoms. The zero-order valence-corrected chi connectivity index (χ0v) is 11.4. The maximum Gasteiger partial charge on any atom is 0.0895 e. The van der Waals surface area contributed by atoms with Crippen molar-refractivity contribution in [1.82, 2.24) is 0 Å². The lowest BCUT2D eigenvalue weighted by Gasteiger charge is -2.32. The Balaban J connectivity index is 2.20. The Morgan fingerprint density at radius 3 is 2.19 bits per heavy atom. The highest BCUT2D eigenvalue weighted by atomic mass is 32.2. The fourth-order valence-electron chi connectivity index (χ4n) is 1.71. The number of nitrogens with zero attached hydrogens (tertiary/aromatic N) is 1. The first-order valence-electron chi connectivity index (χ1n) is 5.46. The van der Waals surface area contributed by atoms with Crippen molar-refractivity contribution in [2.24, 2.45) is 0 Å². The third-order valence-electron chi connectivity index (χ3n) is 2.71. The van der Waals surface area contributed by atoms with Crippen molar-refractivity contribution in [3.05, 3.63) is 36.8 Å². The van der Waals surface area contributed by atoms with E-state index in [0.717, 1.165) is 0 Å². The first-order chi connectivity index (χ1) is 7.62. The molecule has 0 bridgehead atoms. The van der Waals surface area contributed by atoms with E-state index in [2.05, 4.69) is 43.3 Å². The van der Waals surface area contributed by atoms with Gasteiger partial charge in [0.2, 0.25) is 0 Å². The van der Waals surface area contributed by atoms with E-state index in [-0.39, 0.29) is 4.08 Å². The van der Waals surface area contributed by atoms with E-state index in [1.165, 1.54) is 29.2 Å². The summed E-state index contributed by atoms with van der Waals surface area (Å²) in [6.07, 6.45) is 1.27. The standard InChI is InChI=1S/C13H17NS2/c1-13(15-9-4-10-16-13)11-5-7-12(8-6-11)14(2)3/h1,5-8H,4,9-10H2,2-3H3. The molecule has 2 radical (unpaired) electrons. The van der Waals surface area contributed by atoms with E-state index in [9.17, 15) is 0 Å². The molecule has 1 aromatic carbocycles. The molecule has 0 N–H and O–H groups in total. The summed E-state index contributed by atoms with van der Waals surface area (Å²) >= 11 is 3.72. The molecule has 0 saturated carbocycles. The van der Waals surface area contributed by atoms with E-state index in [4.69, 9.17) is 6.92 Å². The van der Waals surface area contributed by atoms with Crippen LogP contribution >= 0.6 is 23.5 Å². The molecule has 2 rings (SSSR count). The van der Waals surface area contributed by atoms with Gasteiger partial charge < -0.3 is 4.90 Å². The van der Waals surface area contributed by atoms with E-state index >= 15 is 0 Å². The quantitative estimate of drug-likeness (QED) is 0.792. The first kappa shape index (κ1) is 12.2. The van der Waals surface area contributed by atoms with Gasteiger partial charge in [-0.25, -0.2) is 0 Å². The van der Waals surface area contributed by atoms with Gasteiger partial charge in [-0.05, 0) is 42.5 Å². The van der Waals surface area contributed by atoms with Crippen molar-refractivity contribution in [2.45, 2.75) is 10.5 Å². The Hall–Kier alpha value is -0.280. The SMILES string of the molecule is [CH]C1(c2ccc(N(C)C)cc2)SCCCS1. The number of rotatable bonds is 2. The minimum atomic E-state index is -0.233. The largest absolute Gasteiger partial charge is 0.378 e. The van der Waals surface area contributed by atoms with Crippen LogP contribution in [0, 0.1) is 6.92 Å². The summed E-state index contributed by atoms with van der Waals surface area (Å²) in [6.45, 7) is 6.42. The summed E-state index contributed by atoms with van der Waals surface area (Å²) in [7, 11) is 4.11. The van der Waals surface area contributed by atoms with Crippen LogP contribution in [0.15, 0.2) is 24.3 Å². The second-order valence-electron chi connectivity index (χ2n) is 4.16. The molecule has 3 heteroatoms. The molecule has 0 unspecified atom stereocenters. The van der Waals surface area contributed by atoms with Gasteiger partial charge >= 0.3 is 0 Å². The van der Waals surface area contributed by atoms with Gasteiger partial charge in [0, 0.05) is 19.8 Å². The molecule has 0 aliphatic carbocycles. The van der Waals surface area contributed by atoms with Gasteiger partial charge in [0.05, 0.1) is 4.08 Å². The van der Waals surface area contributed by atoms with Crippen LogP contribution in [0.2, 0.25) is 0 Å². The molecule has 1 aliphatic rings. The molecule has 1 aromatic rings. The van der Waals surface area contributed by atoms with E-state index in [1.807, 2.05) is 23.5 Å². The van der Waals surface area contributed by atoms with Crippen molar-refractivity contribution in [1.29, 1.82) is 0 Å². The molecule has 0 amide bonds. The normalized spacial score (nSPS) is 19.4. The van der Waals surface area contributed by atoms with Crippen molar-refractivity contribution in [3.63, 3.8) is 0 Å². The van der Waals surface area contributed by atoms with Gasteiger partial charge in [0.25, 0.3) is 0 Å². The van der Waals surface area contributed by atoms with Gasteiger partial charge in [0.15, 0.2) is 0 Å². The van der Waals surface area contributed by atoms with Gasteiger partial charge in [-0.15, -0.1) is 23.5 Å². The fourth-order valence-corrected chi connectivity index (χ4v) is 4.51. The van der Waals surface area contributed by atoms with Crippen molar-refractivity contribution in [3.8, 4) is 0 Å². The third kappa shape index (κ3) is 2.51. The molecule has 0 atom stereocenters.